The number of hydrogen-bond acceptors (Lipinski definition) is 0. The van der Waals surface area contributed by atoms with Crippen LogP contribution in [0.5, 0.6) is 0 Å². The van der Waals surface area contributed by atoms with E-state index in [1.165, 1.54) is 57.8 Å². The van der Waals surface area contributed by atoms with E-state index in [-0.39, 0.29) is 35.3 Å². The van der Waals surface area contributed by atoms with E-state index >= 15 is 0 Å². The molecule has 0 N–H and O–H groups in total. The van der Waals surface area contributed by atoms with Crippen LogP contribution in [0.1, 0.15) is 85.5 Å². The summed E-state index contributed by atoms with van der Waals surface area (Å²) in [5.74, 6) is 1.62. The van der Waals surface area contributed by atoms with Crippen LogP contribution in [-0.2, 0) is 19.5 Å². The first-order valence-electron chi connectivity index (χ1n) is 14.1. The molecule has 0 aromatic heterocycles. The van der Waals surface area contributed by atoms with Crippen molar-refractivity contribution in [1.82, 2.24) is 0 Å². The van der Waals surface area contributed by atoms with Crippen molar-refractivity contribution in [3.8, 4) is 0 Å². The summed E-state index contributed by atoms with van der Waals surface area (Å²) >= 11 is 0. The van der Waals surface area contributed by atoms with E-state index < -0.39 is 7.25 Å². The predicted molar refractivity (Wildman–Crippen MR) is 154 cm³/mol. The third-order valence-corrected chi connectivity index (χ3v) is 16.0. The molecule has 1 aromatic rings. The normalized spacial score (nSPS) is 30.5. The minimum absolute atomic E-state index is 0. The van der Waals surface area contributed by atoms with Gasteiger partial charge in [-0.05, 0) is 103 Å². The number of fused-ring (bicyclic) bond motifs is 2. The monoisotopic (exact) mass is 644 g/mol. The Morgan fingerprint density at radius 2 is 0.892 bits per heavy atom. The molecule has 2 aliphatic carbocycles. The maximum absolute atomic E-state index is 9.75. The summed E-state index contributed by atoms with van der Waals surface area (Å²) in [5, 5.41) is 3.68. The maximum atomic E-state index is 9.75. The Kier molecular flexibility index (Phi) is 14.1. The maximum Gasteiger partial charge on any atom is 0.673 e. The molecule has 0 nitrogen and oxygen atoms in total. The first-order chi connectivity index (χ1) is 17.2. The zero-order valence-corrected chi connectivity index (χ0v) is 26.2. The fourth-order valence-electron chi connectivity index (χ4n) is 6.54. The number of halogens is 4. The number of hydrogen-bond donors (Lipinski definition) is 0. The van der Waals surface area contributed by atoms with Crippen molar-refractivity contribution < 1.29 is 36.7 Å². The molecule has 2 aliphatic heterocycles. The van der Waals surface area contributed by atoms with Crippen LogP contribution in [0.15, 0.2) is 48.6 Å². The van der Waals surface area contributed by atoms with Gasteiger partial charge in [0.15, 0.2) is 0 Å². The van der Waals surface area contributed by atoms with Gasteiger partial charge in [-0.2, -0.15) is 0 Å². The topological polar surface area (TPSA) is 0 Å². The van der Waals surface area contributed by atoms with E-state index in [1.807, 2.05) is 10.6 Å². The van der Waals surface area contributed by atoms with Gasteiger partial charge in [0.25, 0.3) is 0 Å². The van der Waals surface area contributed by atoms with Crippen molar-refractivity contribution in [3.63, 3.8) is 0 Å². The van der Waals surface area contributed by atoms with E-state index in [9.17, 15) is 17.3 Å². The van der Waals surface area contributed by atoms with Gasteiger partial charge in [-0.15, -0.1) is 0 Å². The van der Waals surface area contributed by atoms with Crippen molar-refractivity contribution in [2.24, 2.45) is 11.8 Å². The van der Waals surface area contributed by atoms with Crippen molar-refractivity contribution in [3.05, 3.63) is 48.6 Å². The van der Waals surface area contributed by atoms with Crippen molar-refractivity contribution in [1.29, 1.82) is 0 Å². The molecule has 8 heteroatoms. The molecule has 0 spiro atoms. The van der Waals surface area contributed by atoms with E-state index in [2.05, 4.69) is 76.3 Å². The molecule has 2 saturated heterocycles. The zero-order chi connectivity index (χ0) is 26.3. The molecule has 2 fully saturated rings. The van der Waals surface area contributed by atoms with Crippen LogP contribution in [0, 0.1) is 11.8 Å². The Bertz CT molecular complexity index is 773. The molecule has 5 rings (SSSR count). The molecule has 37 heavy (non-hydrogen) atoms. The molecule has 0 unspecified atom stereocenters. The standard InChI is InChI=1S/C22H36P2.C7H8.BF4.Rh/c1-5-17-13-14-18(6-2)23(17)21-11-9-10-12-22(21)24-19(7-3)15-16-20(24)8-4;1-2-7-4-3-6(1)5-7;2-1(3,4)5;/h9-12,17-20H,5-8,13-16H2,1-4H3;1-4,6-7H,5H2;;/q;;-1;/t17-,18-,19-,20-;;;/m0.../s1. The van der Waals surface area contributed by atoms with E-state index in [1.54, 1.807) is 0 Å². The summed E-state index contributed by atoms with van der Waals surface area (Å²) in [6.07, 6.45) is 22.1. The van der Waals surface area contributed by atoms with Gasteiger partial charge >= 0.3 is 7.25 Å². The molecule has 1 aromatic carbocycles. The van der Waals surface area contributed by atoms with Gasteiger partial charge in [-0.3, -0.25) is 0 Å². The SMILES string of the molecule is C1=CC2C=CC1C2.CC[C@H]1CC[C@H](CC)P1c1ccccc1P1[C@@H](CC)CC[C@@H]1CC.F[B-](F)(F)F.[Rh]. The molecule has 211 valence electrons. The molecular formula is C29H44BF4P2Rh-. The second-order valence-electron chi connectivity index (χ2n) is 10.5. The first kappa shape index (κ1) is 33.2. The number of benzene rings is 1. The average Bonchev–Trinajstić information content (AvgIpc) is 3.66. The zero-order valence-electron chi connectivity index (χ0n) is 22.8. The molecule has 0 amide bonds. The van der Waals surface area contributed by atoms with Gasteiger partial charge in [0.05, 0.1) is 0 Å². The Labute approximate surface area is 238 Å². The van der Waals surface area contributed by atoms with Crippen LogP contribution in [0.3, 0.4) is 0 Å². The Morgan fingerprint density at radius 3 is 1.08 bits per heavy atom. The Hall–Kier alpha value is -0.0317. The third-order valence-electron chi connectivity index (χ3n) is 8.32. The minimum Gasteiger partial charge on any atom is -0.418 e. The fraction of sp³-hybridized carbons (Fsp3) is 0.655. The van der Waals surface area contributed by atoms with Crippen LogP contribution in [0.4, 0.5) is 17.3 Å². The van der Waals surface area contributed by atoms with Crippen molar-refractivity contribution >= 4 is 33.7 Å². The minimum atomic E-state index is -6.00. The quantitative estimate of drug-likeness (QED) is 0.125. The van der Waals surface area contributed by atoms with Crippen molar-refractivity contribution in [2.75, 3.05) is 0 Å². The molecular weight excluding hydrogens is 600 g/mol. The summed E-state index contributed by atoms with van der Waals surface area (Å²) < 4.78 is 39.0. The summed E-state index contributed by atoms with van der Waals surface area (Å²) in [6.45, 7) is 9.74. The number of rotatable bonds is 6. The van der Waals surface area contributed by atoms with Crippen LogP contribution < -0.4 is 10.6 Å². The number of allylic oxidation sites excluding steroid dienone is 4. The van der Waals surface area contributed by atoms with E-state index in [0.29, 0.717) is 0 Å². The Morgan fingerprint density at radius 1 is 0.622 bits per heavy atom. The van der Waals surface area contributed by atoms with E-state index in [4.69, 9.17) is 0 Å². The van der Waals surface area contributed by atoms with Gasteiger partial charge < -0.3 is 17.3 Å². The summed E-state index contributed by atoms with van der Waals surface area (Å²) in [5.41, 5.74) is 3.96. The second-order valence-corrected chi connectivity index (χ2v) is 16.0. The van der Waals surface area contributed by atoms with Gasteiger partial charge in [-0.25, -0.2) is 0 Å². The third kappa shape index (κ3) is 9.25. The van der Waals surface area contributed by atoms with Crippen LogP contribution in [0.25, 0.3) is 0 Å². The molecule has 4 aliphatic rings. The summed E-state index contributed by atoms with van der Waals surface area (Å²) in [7, 11) is -5.87. The second kappa shape index (κ2) is 15.7. The fourth-order valence-corrected chi connectivity index (χ4v) is 14.5. The summed E-state index contributed by atoms with van der Waals surface area (Å²) in [6, 6.07) is 9.79. The smallest absolute Gasteiger partial charge is 0.418 e. The predicted octanol–water partition coefficient (Wildman–Crippen LogP) is 9.65. The molecule has 0 saturated carbocycles. The van der Waals surface area contributed by atoms with Crippen LogP contribution >= 0.6 is 15.8 Å². The van der Waals surface area contributed by atoms with Crippen molar-refractivity contribution in [2.45, 2.75) is 108 Å². The molecule has 2 bridgehead atoms. The largest absolute Gasteiger partial charge is 0.673 e. The molecule has 2 heterocycles. The molecule has 4 atom stereocenters. The van der Waals surface area contributed by atoms with Gasteiger partial charge in [0, 0.05) is 19.5 Å². The van der Waals surface area contributed by atoms with Gasteiger partial charge in [0.2, 0.25) is 0 Å². The van der Waals surface area contributed by atoms with Crippen LogP contribution in [0.2, 0.25) is 0 Å². The van der Waals surface area contributed by atoms with Gasteiger partial charge in [-0.1, -0.05) is 92.1 Å². The van der Waals surface area contributed by atoms with Gasteiger partial charge in [0.1, 0.15) is 0 Å². The molecule has 1 radical (unpaired) electrons. The van der Waals surface area contributed by atoms with E-state index in [0.717, 1.165) is 34.5 Å². The first-order valence-corrected chi connectivity index (χ1v) is 17.1. The van der Waals surface area contributed by atoms with Crippen LogP contribution in [-0.4, -0.2) is 29.9 Å². The summed E-state index contributed by atoms with van der Waals surface area (Å²) in [4.78, 5) is 0. The average molecular weight is 644 g/mol. The Balaban J connectivity index is 0.000000303.